The first-order valence-corrected chi connectivity index (χ1v) is 11.8. The summed E-state index contributed by atoms with van der Waals surface area (Å²) in [4.78, 5) is 34.2. The monoisotopic (exact) mass is 442 g/mol. The van der Waals surface area contributed by atoms with Crippen LogP contribution in [0.1, 0.15) is 30.1 Å². The zero-order valence-corrected chi connectivity index (χ0v) is 19.2. The van der Waals surface area contributed by atoms with Crippen LogP contribution in [0.4, 0.5) is 0 Å². The van der Waals surface area contributed by atoms with Crippen LogP contribution in [0.2, 0.25) is 0 Å². The Kier molecular flexibility index (Phi) is 5.86. The number of nitrogens with zero attached hydrogens (tertiary/aromatic N) is 4. The Bertz CT molecular complexity index is 846. The van der Waals surface area contributed by atoms with Gasteiger partial charge in [0.15, 0.2) is 0 Å². The average molecular weight is 443 g/mol. The summed E-state index contributed by atoms with van der Waals surface area (Å²) < 4.78 is 11.0. The number of rotatable bonds is 3. The van der Waals surface area contributed by atoms with Gasteiger partial charge in [0.2, 0.25) is 5.91 Å². The highest BCUT2D eigenvalue weighted by atomic mass is 16.5. The first kappa shape index (κ1) is 21.7. The summed E-state index contributed by atoms with van der Waals surface area (Å²) in [7, 11) is 1.63. The maximum absolute atomic E-state index is 13.4. The van der Waals surface area contributed by atoms with Gasteiger partial charge in [-0.3, -0.25) is 19.4 Å². The van der Waals surface area contributed by atoms with Crippen LogP contribution in [0.15, 0.2) is 24.3 Å². The summed E-state index contributed by atoms with van der Waals surface area (Å²) in [6.07, 6.45) is 2.08. The standard InChI is InChI=1S/C24H34N4O4/c1-18(29)25-9-7-20(8-10-25)27-16-24(17-27)15-26(13-21-14-32-12-11-28(21)24)23(30)19-3-5-22(31-2)6-4-19/h3-6,20-21H,7-17H2,1-2H3. The molecule has 0 N–H and O–H groups in total. The molecule has 4 saturated heterocycles. The lowest BCUT2D eigenvalue weighted by atomic mass is 9.80. The maximum atomic E-state index is 13.4. The molecule has 0 bridgehead atoms. The highest BCUT2D eigenvalue weighted by Gasteiger charge is 2.56. The number of carbonyl (C=O) groups excluding carboxylic acids is 2. The average Bonchev–Trinajstić information content (AvgIpc) is 2.81. The molecule has 1 atom stereocenters. The zero-order chi connectivity index (χ0) is 22.3. The van der Waals surface area contributed by atoms with Crippen LogP contribution >= 0.6 is 0 Å². The Labute approximate surface area is 190 Å². The first-order valence-electron chi connectivity index (χ1n) is 11.8. The number of piperazine rings is 1. The van der Waals surface area contributed by atoms with Gasteiger partial charge in [0.25, 0.3) is 5.91 Å². The topological polar surface area (TPSA) is 65.6 Å². The van der Waals surface area contributed by atoms with Crippen molar-refractivity contribution >= 4 is 11.8 Å². The van der Waals surface area contributed by atoms with Crippen molar-refractivity contribution in [1.82, 2.24) is 19.6 Å². The van der Waals surface area contributed by atoms with Crippen LogP contribution in [-0.4, -0.2) is 115 Å². The number of hydrogen-bond donors (Lipinski definition) is 0. The van der Waals surface area contributed by atoms with E-state index in [4.69, 9.17) is 9.47 Å². The summed E-state index contributed by atoms with van der Waals surface area (Å²) in [6.45, 7) is 9.20. The van der Waals surface area contributed by atoms with Crippen molar-refractivity contribution in [2.24, 2.45) is 0 Å². The number of hydrogen-bond acceptors (Lipinski definition) is 6. The van der Waals surface area contributed by atoms with Crippen LogP contribution in [-0.2, 0) is 9.53 Å². The van der Waals surface area contributed by atoms with Crippen molar-refractivity contribution in [3.05, 3.63) is 29.8 Å². The van der Waals surface area contributed by atoms with Gasteiger partial charge in [-0.2, -0.15) is 0 Å². The Balaban J connectivity index is 1.28. The third-order valence-corrected chi connectivity index (χ3v) is 7.80. The largest absolute Gasteiger partial charge is 0.497 e. The number of likely N-dealkylation sites (tertiary alicyclic amines) is 2. The van der Waals surface area contributed by atoms with Gasteiger partial charge in [0.05, 0.1) is 31.9 Å². The molecule has 174 valence electrons. The Morgan fingerprint density at radius 3 is 2.38 bits per heavy atom. The lowest BCUT2D eigenvalue weighted by Gasteiger charge is -2.65. The molecule has 0 radical (unpaired) electrons. The van der Waals surface area contributed by atoms with Crippen LogP contribution in [0.5, 0.6) is 5.75 Å². The number of piperidine rings is 1. The van der Waals surface area contributed by atoms with Crippen LogP contribution in [0.3, 0.4) is 0 Å². The van der Waals surface area contributed by atoms with E-state index in [9.17, 15) is 9.59 Å². The van der Waals surface area contributed by atoms with E-state index in [2.05, 4.69) is 9.80 Å². The second-order valence-corrected chi connectivity index (χ2v) is 9.70. The molecule has 4 fully saturated rings. The molecule has 8 nitrogen and oxygen atoms in total. The summed E-state index contributed by atoms with van der Waals surface area (Å²) in [5, 5.41) is 0. The minimum Gasteiger partial charge on any atom is -0.497 e. The molecule has 0 saturated carbocycles. The molecule has 1 aromatic carbocycles. The zero-order valence-electron chi connectivity index (χ0n) is 19.2. The fourth-order valence-corrected chi connectivity index (χ4v) is 6.06. The van der Waals surface area contributed by atoms with Crippen LogP contribution in [0, 0.1) is 0 Å². The number of morpholine rings is 1. The van der Waals surface area contributed by atoms with E-state index < -0.39 is 0 Å². The van der Waals surface area contributed by atoms with Gasteiger partial charge in [-0.15, -0.1) is 0 Å². The SMILES string of the molecule is COc1ccc(C(=O)N2CC3COCCN3C3(C2)CN(C2CCN(C(C)=O)CC2)C3)cc1. The van der Waals surface area contributed by atoms with E-state index >= 15 is 0 Å². The Morgan fingerprint density at radius 1 is 1.00 bits per heavy atom. The summed E-state index contributed by atoms with van der Waals surface area (Å²) in [6, 6.07) is 8.19. The normalized spacial score (nSPS) is 26.5. The molecule has 1 unspecified atom stereocenters. The van der Waals surface area contributed by atoms with E-state index in [0.29, 0.717) is 24.8 Å². The Morgan fingerprint density at radius 2 is 1.72 bits per heavy atom. The number of carbonyl (C=O) groups is 2. The lowest BCUT2D eigenvalue weighted by Crippen LogP contribution is -2.82. The minimum absolute atomic E-state index is 0.00649. The third-order valence-electron chi connectivity index (χ3n) is 7.80. The van der Waals surface area contributed by atoms with Crippen molar-refractivity contribution in [2.45, 2.75) is 37.4 Å². The quantitative estimate of drug-likeness (QED) is 0.694. The predicted molar refractivity (Wildman–Crippen MR) is 120 cm³/mol. The Hall–Kier alpha value is -2.16. The van der Waals surface area contributed by atoms with Crippen molar-refractivity contribution < 1.29 is 19.1 Å². The van der Waals surface area contributed by atoms with Crippen molar-refractivity contribution in [3.63, 3.8) is 0 Å². The van der Waals surface area contributed by atoms with Gasteiger partial charge in [-0.25, -0.2) is 0 Å². The highest BCUT2D eigenvalue weighted by molar-refractivity contribution is 5.94. The molecule has 4 heterocycles. The molecule has 1 spiro atoms. The smallest absolute Gasteiger partial charge is 0.253 e. The van der Waals surface area contributed by atoms with Gasteiger partial charge in [-0.1, -0.05) is 0 Å². The molecule has 4 aliphatic heterocycles. The minimum atomic E-state index is 0.00649. The molecule has 8 heteroatoms. The molecular weight excluding hydrogens is 408 g/mol. The van der Waals surface area contributed by atoms with Crippen LogP contribution in [0.25, 0.3) is 0 Å². The van der Waals surface area contributed by atoms with Crippen molar-refractivity contribution in [3.8, 4) is 5.75 Å². The molecule has 4 aliphatic rings. The second kappa shape index (κ2) is 8.65. The maximum Gasteiger partial charge on any atom is 0.253 e. The van der Waals surface area contributed by atoms with E-state index in [1.165, 1.54) is 0 Å². The van der Waals surface area contributed by atoms with E-state index in [0.717, 1.165) is 64.5 Å². The van der Waals surface area contributed by atoms with E-state index in [-0.39, 0.29) is 23.4 Å². The second-order valence-electron chi connectivity index (χ2n) is 9.70. The third kappa shape index (κ3) is 3.89. The first-order chi connectivity index (χ1) is 15.5. The number of fused-ring (bicyclic) bond motifs is 2. The van der Waals surface area contributed by atoms with Gasteiger partial charge in [0, 0.05) is 64.3 Å². The fraction of sp³-hybridized carbons (Fsp3) is 0.667. The number of amides is 2. The molecule has 1 aromatic rings. The lowest BCUT2D eigenvalue weighted by molar-refractivity contribution is -0.169. The van der Waals surface area contributed by atoms with E-state index in [1.807, 2.05) is 34.1 Å². The van der Waals surface area contributed by atoms with Gasteiger partial charge < -0.3 is 19.3 Å². The fourth-order valence-electron chi connectivity index (χ4n) is 6.06. The van der Waals surface area contributed by atoms with Gasteiger partial charge in [-0.05, 0) is 37.1 Å². The van der Waals surface area contributed by atoms with Crippen molar-refractivity contribution in [2.75, 3.05) is 66.1 Å². The predicted octanol–water partition coefficient (Wildman–Crippen LogP) is 0.917. The molecule has 32 heavy (non-hydrogen) atoms. The van der Waals surface area contributed by atoms with Crippen LogP contribution < -0.4 is 4.74 Å². The number of benzene rings is 1. The molecule has 0 aliphatic carbocycles. The van der Waals surface area contributed by atoms with E-state index in [1.54, 1.807) is 14.0 Å². The highest BCUT2D eigenvalue weighted by Crippen LogP contribution is 2.38. The summed E-state index contributed by atoms with van der Waals surface area (Å²) >= 11 is 0. The molecule has 0 aromatic heterocycles. The summed E-state index contributed by atoms with van der Waals surface area (Å²) in [5.41, 5.74) is 0.714. The molecular formula is C24H34N4O4. The van der Waals surface area contributed by atoms with Gasteiger partial charge in [0.1, 0.15) is 5.75 Å². The molecule has 2 amide bonds. The number of ether oxygens (including phenoxy) is 2. The number of methoxy groups -OCH3 is 1. The van der Waals surface area contributed by atoms with Gasteiger partial charge >= 0.3 is 0 Å². The summed E-state index contributed by atoms with van der Waals surface area (Å²) in [5.74, 6) is 1.03. The van der Waals surface area contributed by atoms with Crippen molar-refractivity contribution in [1.29, 1.82) is 0 Å². The molecule has 5 rings (SSSR count).